The Labute approximate surface area is 122 Å². The highest BCUT2D eigenvalue weighted by Gasteiger charge is 2.16. The molecule has 0 bridgehead atoms. The Hall–Kier alpha value is -2.41. The number of hydrogen-bond donors (Lipinski definition) is 1. The van der Waals surface area contributed by atoms with Crippen molar-refractivity contribution in [2.45, 2.75) is 13.0 Å². The van der Waals surface area contributed by atoms with Crippen molar-refractivity contribution in [1.82, 2.24) is 15.1 Å². The Kier molecular flexibility index (Phi) is 4.89. The first-order chi connectivity index (χ1) is 10.1. The minimum Gasteiger partial charge on any atom is -0.486 e. The number of benzene rings is 1. The molecule has 1 aromatic carbocycles. The van der Waals surface area contributed by atoms with E-state index in [0.29, 0.717) is 25.3 Å². The lowest BCUT2D eigenvalue weighted by molar-refractivity contribution is -0.385. The quantitative estimate of drug-likeness (QED) is 0.619. The van der Waals surface area contributed by atoms with E-state index in [1.165, 1.54) is 6.07 Å². The molecule has 0 saturated heterocycles. The van der Waals surface area contributed by atoms with Crippen molar-refractivity contribution in [3.63, 3.8) is 0 Å². The van der Waals surface area contributed by atoms with E-state index in [0.717, 1.165) is 11.3 Å². The van der Waals surface area contributed by atoms with E-state index < -0.39 is 4.92 Å². The highest BCUT2D eigenvalue weighted by molar-refractivity contribution is 5.48. The number of rotatable bonds is 7. The number of aromatic nitrogens is 2. The molecule has 0 aliphatic carbocycles. The van der Waals surface area contributed by atoms with Gasteiger partial charge in [0.25, 0.3) is 0 Å². The van der Waals surface area contributed by atoms with Gasteiger partial charge in [-0.05, 0) is 24.7 Å². The summed E-state index contributed by atoms with van der Waals surface area (Å²) in [6.07, 6.45) is 2.36. The van der Waals surface area contributed by atoms with Crippen molar-refractivity contribution in [3.8, 4) is 5.75 Å². The number of nitrogens with one attached hydrogen (secondary N) is 1. The van der Waals surface area contributed by atoms with Crippen molar-refractivity contribution in [2.24, 2.45) is 7.05 Å². The summed E-state index contributed by atoms with van der Waals surface area (Å²) in [7, 11) is 3.65. The fraction of sp³-hybridized carbons (Fsp3) is 0.357. The van der Waals surface area contributed by atoms with E-state index in [1.54, 1.807) is 24.0 Å². The molecule has 0 aliphatic rings. The molecule has 0 unspecified atom stereocenters. The predicted molar refractivity (Wildman–Crippen MR) is 78.3 cm³/mol. The van der Waals surface area contributed by atoms with Gasteiger partial charge in [0.05, 0.1) is 11.5 Å². The molecule has 7 heteroatoms. The van der Waals surface area contributed by atoms with E-state index in [1.807, 2.05) is 19.2 Å². The van der Waals surface area contributed by atoms with Gasteiger partial charge in [0.15, 0.2) is 5.75 Å². The SMILES string of the molecule is CNCc1ccc(OCCc2ccnn2C)c([N+](=O)[O-])c1. The van der Waals surface area contributed by atoms with Crippen LogP contribution in [0.4, 0.5) is 5.69 Å². The summed E-state index contributed by atoms with van der Waals surface area (Å²) in [5, 5.41) is 18.1. The van der Waals surface area contributed by atoms with Gasteiger partial charge in [-0.25, -0.2) is 0 Å². The Bertz CT molecular complexity index is 624. The van der Waals surface area contributed by atoms with Crippen LogP contribution in [0, 0.1) is 10.1 Å². The standard InChI is InChI=1S/C14H18N4O3/c1-15-10-11-3-4-14(13(9-11)18(19)20)21-8-6-12-5-7-16-17(12)2/h3-5,7,9,15H,6,8,10H2,1-2H3. The molecule has 0 atom stereocenters. The zero-order valence-corrected chi connectivity index (χ0v) is 12.1. The summed E-state index contributed by atoms with van der Waals surface area (Å²) in [4.78, 5) is 10.7. The van der Waals surface area contributed by atoms with Crippen LogP contribution in [0.25, 0.3) is 0 Å². The van der Waals surface area contributed by atoms with Gasteiger partial charge in [-0.1, -0.05) is 6.07 Å². The Balaban J connectivity index is 2.05. The molecule has 0 saturated carbocycles. The molecule has 2 aromatic rings. The summed E-state index contributed by atoms with van der Waals surface area (Å²) in [6, 6.07) is 6.90. The number of aryl methyl sites for hydroxylation is 1. The topological polar surface area (TPSA) is 82.2 Å². The predicted octanol–water partition coefficient (Wildman–Crippen LogP) is 1.67. The van der Waals surface area contributed by atoms with Gasteiger partial charge in [0.1, 0.15) is 0 Å². The largest absolute Gasteiger partial charge is 0.486 e. The maximum atomic E-state index is 11.1. The monoisotopic (exact) mass is 290 g/mol. The average Bonchev–Trinajstić information content (AvgIpc) is 2.86. The first-order valence-corrected chi connectivity index (χ1v) is 6.63. The molecule has 0 fully saturated rings. The smallest absolute Gasteiger partial charge is 0.311 e. The summed E-state index contributed by atoms with van der Waals surface area (Å²) in [5.74, 6) is 0.294. The summed E-state index contributed by atoms with van der Waals surface area (Å²) >= 11 is 0. The van der Waals surface area contributed by atoms with Crippen molar-refractivity contribution < 1.29 is 9.66 Å². The van der Waals surface area contributed by atoms with Crippen LogP contribution < -0.4 is 10.1 Å². The lowest BCUT2D eigenvalue weighted by Crippen LogP contribution is -2.08. The number of nitro groups is 1. The van der Waals surface area contributed by atoms with Gasteiger partial charge in [-0.3, -0.25) is 14.8 Å². The van der Waals surface area contributed by atoms with Crippen molar-refractivity contribution in [3.05, 3.63) is 51.8 Å². The normalized spacial score (nSPS) is 10.6. The van der Waals surface area contributed by atoms with Gasteiger partial charge in [-0.15, -0.1) is 0 Å². The minimum atomic E-state index is -0.418. The van der Waals surface area contributed by atoms with Crippen LogP contribution in [0.15, 0.2) is 30.5 Å². The number of nitro benzene ring substituents is 1. The third-order valence-electron chi connectivity index (χ3n) is 3.14. The van der Waals surface area contributed by atoms with Gasteiger partial charge in [-0.2, -0.15) is 5.10 Å². The van der Waals surface area contributed by atoms with E-state index in [9.17, 15) is 10.1 Å². The maximum Gasteiger partial charge on any atom is 0.311 e. The molecule has 1 N–H and O–H groups in total. The molecular weight excluding hydrogens is 272 g/mol. The lowest BCUT2D eigenvalue weighted by Gasteiger charge is -2.08. The van der Waals surface area contributed by atoms with Crippen molar-refractivity contribution >= 4 is 5.69 Å². The third kappa shape index (κ3) is 3.79. The van der Waals surface area contributed by atoms with Crippen molar-refractivity contribution in [1.29, 1.82) is 0 Å². The Morgan fingerprint density at radius 1 is 1.43 bits per heavy atom. The van der Waals surface area contributed by atoms with Crippen LogP contribution in [-0.2, 0) is 20.0 Å². The van der Waals surface area contributed by atoms with Crippen LogP contribution in [0.5, 0.6) is 5.75 Å². The summed E-state index contributed by atoms with van der Waals surface area (Å²) < 4.78 is 7.31. The summed E-state index contributed by atoms with van der Waals surface area (Å²) in [6.45, 7) is 0.946. The second-order valence-corrected chi connectivity index (χ2v) is 4.63. The lowest BCUT2D eigenvalue weighted by atomic mass is 10.2. The zero-order valence-electron chi connectivity index (χ0n) is 12.1. The fourth-order valence-corrected chi connectivity index (χ4v) is 2.05. The van der Waals surface area contributed by atoms with E-state index in [2.05, 4.69) is 10.4 Å². The van der Waals surface area contributed by atoms with Crippen molar-refractivity contribution in [2.75, 3.05) is 13.7 Å². The molecule has 1 heterocycles. The summed E-state index contributed by atoms with van der Waals surface area (Å²) in [5.41, 5.74) is 1.86. The Morgan fingerprint density at radius 3 is 2.86 bits per heavy atom. The molecule has 2 rings (SSSR count). The van der Waals surface area contributed by atoms with Gasteiger partial charge in [0, 0.05) is 38.0 Å². The van der Waals surface area contributed by atoms with Gasteiger partial charge in [0.2, 0.25) is 0 Å². The number of hydrogen-bond acceptors (Lipinski definition) is 5. The maximum absolute atomic E-state index is 11.1. The third-order valence-corrected chi connectivity index (χ3v) is 3.14. The Morgan fingerprint density at radius 2 is 2.24 bits per heavy atom. The first kappa shape index (κ1) is 15.0. The van der Waals surface area contributed by atoms with Gasteiger partial charge >= 0.3 is 5.69 Å². The van der Waals surface area contributed by atoms with Crippen LogP contribution >= 0.6 is 0 Å². The van der Waals surface area contributed by atoms with Crippen LogP contribution in [0.2, 0.25) is 0 Å². The molecular formula is C14H18N4O3. The molecule has 7 nitrogen and oxygen atoms in total. The molecule has 0 aliphatic heterocycles. The second kappa shape index (κ2) is 6.85. The molecule has 112 valence electrons. The van der Waals surface area contributed by atoms with Crippen LogP contribution in [0.3, 0.4) is 0 Å². The van der Waals surface area contributed by atoms with E-state index in [-0.39, 0.29) is 5.69 Å². The van der Waals surface area contributed by atoms with E-state index in [4.69, 9.17) is 4.74 Å². The number of ether oxygens (including phenoxy) is 1. The van der Waals surface area contributed by atoms with Gasteiger partial charge < -0.3 is 10.1 Å². The van der Waals surface area contributed by atoms with Crippen LogP contribution in [-0.4, -0.2) is 28.4 Å². The first-order valence-electron chi connectivity index (χ1n) is 6.63. The number of nitrogens with zero attached hydrogens (tertiary/aromatic N) is 3. The van der Waals surface area contributed by atoms with Crippen LogP contribution in [0.1, 0.15) is 11.3 Å². The second-order valence-electron chi connectivity index (χ2n) is 4.63. The molecule has 0 spiro atoms. The van der Waals surface area contributed by atoms with E-state index >= 15 is 0 Å². The average molecular weight is 290 g/mol. The fourth-order valence-electron chi connectivity index (χ4n) is 2.05. The highest BCUT2D eigenvalue weighted by atomic mass is 16.6. The highest BCUT2D eigenvalue weighted by Crippen LogP contribution is 2.28. The molecule has 1 aromatic heterocycles. The zero-order chi connectivity index (χ0) is 15.2. The molecule has 21 heavy (non-hydrogen) atoms. The molecule has 0 radical (unpaired) electrons. The minimum absolute atomic E-state index is 0.00671. The molecule has 0 amide bonds.